The number of anilines is 1. The van der Waals surface area contributed by atoms with E-state index < -0.39 is 0 Å². The van der Waals surface area contributed by atoms with E-state index in [0.717, 1.165) is 16.8 Å². The zero-order valence-corrected chi connectivity index (χ0v) is 17.2. The van der Waals surface area contributed by atoms with Crippen molar-refractivity contribution in [3.63, 3.8) is 0 Å². The van der Waals surface area contributed by atoms with E-state index in [4.69, 9.17) is 0 Å². The fraction of sp³-hybridized carbons (Fsp3) is 0.375. The summed E-state index contributed by atoms with van der Waals surface area (Å²) in [6.07, 6.45) is 0. The van der Waals surface area contributed by atoms with Crippen LogP contribution in [0.1, 0.15) is 75.5 Å². The van der Waals surface area contributed by atoms with Crippen molar-refractivity contribution in [1.29, 1.82) is 0 Å². The predicted octanol–water partition coefficient (Wildman–Crippen LogP) is 6.57. The highest BCUT2D eigenvalue weighted by atomic mass is 16.1. The summed E-state index contributed by atoms with van der Waals surface area (Å²) in [4.78, 5) is 13.0. The van der Waals surface area contributed by atoms with Crippen LogP contribution in [0.15, 0.2) is 49.0 Å². The second-order valence-corrected chi connectivity index (χ2v) is 9.08. The first-order chi connectivity index (χ1) is 11.9. The first-order valence-electron chi connectivity index (χ1n) is 9.12. The molecule has 0 aromatic heterocycles. The average Bonchev–Trinajstić information content (AvgIpc) is 2.53. The zero-order chi connectivity index (χ0) is 19.7. The van der Waals surface area contributed by atoms with Crippen molar-refractivity contribution in [2.45, 2.75) is 59.3 Å². The van der Waals surface area contributed by atoms with Gasteiger partial charge in [-0.05, 0) is 52.7 Å². The largest absolute Gasteiger partial charge is 0.321 e. The van der Waals surface area contributed by atoms with E-state index in [1.807, 2.05) is 43.3 Å². The molecule has 2 rings (SSSR count). The molecule has 2 heteroatoms. The van der Waals surface area contributed by atoms with Crippen LogP contribution in [0, 0.1) is 0 Å². The minimum absolute atomic E-state index is 0.0219. The summed E-state index contributed by atoms with van der Waals surface area (Å²) < 4.78 is 0. The van der Waals surface area contributed by atoms with Gasteiger partial charge in [0.2, 0.25) is 0 Å². The Morgan fingerprint density at radius 3 is 1.85 bits per heavy atom. The highest BCUT2D eigenvalue weighted by Crippen LogP contribution is 2.31. The maximum atomic E-state index is 13.0. The molecule has 2 nitrogen and oxygen atoms in total. The Balaban J connectivity index is 2.48. The number of amides is 1. The summed E-state index contributed by atoms with van der Waals surface area (Å²) in [5.41, 5.74) is 5.68. The molecule has 0 heterocycles. The molecule has 0 radical (unpaired) electrons. The number of hydrogen-bond donors (Lipinski definition) is 1. The van der Waals surface area contributed by atoms with Crippen LogP contribution in [0.3, 0.4) is 0 Å². The highest BCUT2D eigenvalue weighted by molar-refractivity contribution is 6.05. The molecular formula is C24H31NO. The topological polar surface area (TPSA) is 29.1 Å². The standard InChI is InChI=1S/C24H31NO/c1-16(2)20-11-9-10-12-21(20)25-22(26)17-13-18(23(3,4)5)15-19(14-17)24(6,7)8/h9-15H,1H2,2-8H3,(H,25,26). The molecule has 0 aliphatic rings. The zero-order valence-electron chi connectivity index (χ0n) is 17.2. The Bertz CT molecular complexity index is 800. The molecule has 1 amide bonds. The second kappa shape index (κ2) is 7.11. The van der Waals surface area contributed by atoms with Crippen LogP contribution >= 0.6 is 0 Å². The van der Waals surface area contributed by atoms with Crippen molar-refractivity contribution in [2.24, 2.45) is 0 Å². The normalized spacial score (nSPS) is 12.0. The molecule has 0 fully saturated rings. The van der Waals surface area contributed by atoms with Gasteiger partial charge in [-0.25, -0.2) is 0 Å². The molecule has 0 unspecified atom stereocenters. The summed E-state index contributed by atoms with van der Waals surface area (Å²) in [7, 11) is 0. The first-order valence-corrected chi connectivity index (χ1v) is 9.12. The van der Waals surface area contributed by atoms with Gasteiger partial charge in [0.1, 0.15) is 0 Å². The summed E-state index contributed by atoms with van der Waals surface area (Å²) in [5, 5.41) is 3.07. The van der Waals surface area contributed by atoms with E-state index in [9.17, 15) is 4.79 Å². The van der Waals surface area contributed by atoms with Crippen molar-refractivity contribution in [3.05, 3.63) is 71.3 Å². The van der Waals surface area contributed by atoms with Gasteiger partial charge >= 0.3 is 0 Å². The first kappa shape index (κ1) is 20.0. The SMILES string of the molecule is C=C(C)c1ccccc1NC(=O)c1cc(C(C)(C)C)cc(C(C)(C)C)c1. The van der Waals surface area contributed by atoms with Crippen molar-refractivity contribution in [1.82, 2.24) is 0 Å². The Morgan fingerprint density at radius 2 is 1.38 bits per heavy atom. The number of allylic oxidation sites excluding steroid dienone is 1. The number of carbonyl (C=O) groups is 1. The molecule has 0 saturated heterocycles. The van der Waals surface area contributed by atoms with Crippen LogP contribution in [0.2, 0.25) is 0 Å². The molecule has 26 heavy (non-hydrogen) atoms. The number of para-hydroxylation sites is 1. The van der Waals surface area contributed by atoms with E-state index in [1.165, 1.54) is 11.1 Å². The lowest BCUT2D eigenvalue weighted by molar-refractivity contribution is 0.102. The minimum Gasteiger partial charge on any atom is -0.321 e. The van der Waals surface area contributed by atoms with Gasteiger partial charge in [-0.1, -0.05) is 72.4 Å². The van der Waals surface area contributed by atoms with Crippen LogP contribution in [0.25, 0.3) is 5.57 Å². The number of carbonyl (C=O) groups excluding carboxylic acids is 1. The third-order valence-corrected chi connectivity index (χ3v) is 4.56. The summed E-state index contributed by atoms with van der Waals surface area (Å²) in [5.74, 6) is -0.0877. The Morgan fingerprint density at radius 1 is 0.885 bits per heavy atom. The monoisotopic (exact) mass is 349 g/mol. The third-order valence-electron chi connectivity index (χ3n) is 4.56. The van der Waals surface area contributed by atoms with Crippen LogP contribution in [0.5, 0.6) is 0 Å². The smallest absolute Gasteiger partial charge is 0.255 e. The molecule has 0 saturated carbocycles. The molecular weight excluding hydrogens is 318 g/mol. The maximum Gasteiger partial charge on any atom is 0.255 e. The molecule has 0 aliphatic carbocycles. The Labute approximate surface area is 158 Å². The number of nitrogens with one attached hydrogen (secondary N) is 1. The van der Waals surface area contributed by atoms with Gasteiger partial charge in [0.05, 0.1) is 0 Å². The average molecular weight is 350 g/mol. The minimum atomic E-state index is -0.0877. The summed E-state index contributed by atoms with van der Waals surface area (Å²) in [6, 6.07) is 14.0. The molecule has 0 atom stereocenters. The van der Waals surface area contributed by atoms with Gasteiger partial charge < -0.3 is 5.32 Å². The van der Waals surface area contributed by atoms with Crippen molar-refractivity contribution >= 4 is 17.2 Å². The van der Waals surface area contributed by atoms with Crippen molar-refractivity contribution < 1.29 is 4.79 Å². The van der Waals surface area contributed by atoms with E-state index in [0.29, 0.717) is 5.56 Å². The van der Waals surface area contributed by atoms with Crippen molar-refractivity contribution in [2.75, 3.05) is 5.32 Å². The number of benzene rings is 2. The van der Waals surface area contributed by atoms with E-state index in [1.54, 1.807) is 0 Å². The van der Waals surface area contributed by atoms with E-state index in [-0.39, 0.29) is 16.7 Å². The summed E-state index contributed by atoms with van der Waals surface area (Å²) in [6.45, 7) is 19.0. The van der Waals surface area contributed by atoms with E-state index >= 15 is 0 Å². The lowest BCUT2D eigenvalue weighted by Gasteiger charge is -2.26. The van der Waals surface area contributed by atoms with Gasteiger partial charge in [0.25, 0.3) is 5.91 Å². The van der Waals surface area contributed by atoms with Gasteiger partial charge in [-0.2, -0.15) is 0 Å². The van der Waals surface area contributed by atoms with Crippen LogP contribution in [-0.2, 0) is 10.8 Å². The van der Waals surface area contributed by atoms with Crippen molar-refractivity contribution in [3.8, 4) is 0 Å². The second-order valence-electron chi connectivity index (χ2n) is 9.08. The fourth-order valence-corrected chi connectivity index (χ4v) is 2.78. The molecule has 2 aromatic carbocycles. The third kappa shape index (κ3) is 4.63. The molecule has 2 aromatic rings. The van der Waals surface area contributed by atoms with Gasteiger partial charge in [-0.3, -0.25) is 4.79 Å². The van der Waals surface area contributed by atoms with Gasteiger partial charge in [0.15, 0.2) is 0 Å². The quantitative estimate of drug-likeness (QED) is 0.667. The predicted molar refractivity (Wildman–Crippen MR) is 113 cm³/mol. The van der Waals surface area contributed by atoms with E-state index in [2.05, 4.69) is 59.5 Å². The highest BCUT2D eigenvalue weighted by Gasteiger charge is 2.22. The summed E-state index contributed by atoms with van der Waals surface area (Å²) >= 11 is 0. The molecule has 0 bridgehead atoms. The Kier molecular flexibility index (Phi) is 5.46. The molecule has 1 N–H and O–H groups in total. The van der Waals surface area contributed by atoms with Gasteiger partial charge in [-0.15, -0.1) is 0 Å². The molecule has 138 valence electrons. The van der Waals surface area contributed by atoms with Crippen LogP contribution in [-0.4, -0.2) is 5.91 Å². The lowest BCUT2D eigenvalue weighted by atomic mass is 9.79. The van der Waals surface area contributed by atoms with Crippen LogP contribution < -0.4 is 5.32 Å². The Hall–Kier alpha value is -2.35. The number of hydrogen-bond acceptors (Lipinski definition) is 1. The molecule has 0 aliphatic heterocycles. The molecule has 0 spiro atoms. The maximum absolute atomic E-state index is 13.0. The number of rotatable bonds is 3. The van der Waals surface area contributed by atoms with Crippen LogP contribution in [0.4, 0.5) is 5.69 Å². The fourth-order valence-electron chi connectivity index (χ4n) is 2.78. The lowest BCUT2D eigenvalue weighted by Crippen LogP contribution is -2.20. The van der Waals surface area contributed by atoms with Gasteiger partial charge in [0, 0.05) is 16.8 Å².